The van der Waals surface area contributed by atoms with Crippen molar-refractivity contribution in [2.75, 3.05) is 23.9 Å². The maximum Gasteiger partial charge on any atom is 0.101 e. The monoisotopic (exact) mass is 270 g/mol. The van der Waals surface area contributed by atoms with Crippen LogP contribution in [-0.4, -0.2) is 29.8 Å². The minimum absolute atomic E-state index is 0.113. The number of thioether (sulfide) groups is 1. The van der Waals surface area contributed by atoms with Gasteiger partial charge in [-0.15, -0.1) is 0 Å². The van der Waals surface area contributed by atoms with Crippen LogP contribution in [0.15, 0.2) is 18.2 Å². The van der Waals surface area contributed by atoms with E-state index in [1.54, 1.807) is 30.0 Å². The molecule has 92 valence electrons. The zero-order valence-corrected chi connectivity index (χ0v) is 11.2. The Bertz CT molecular complexity index is 400. The first-order valence-electron chi connectivity index (χ1n) is 5.27. The Morgan fingerprint density at radius 1 is 1.59 bits per heavy atom. The van der Waals surface area contributed by atoms with Crippen LogP contribution in [0.1, 0.15) is 12.0 Å². The second kappa shape index (κ2) is 7.44. The summed E-state index contributed by atoms with van der Waals surface area (Å²) in [5.41, 5.74) is 1.19. The lowest BCUT2D eigenvalue weighted by atomic mass is 10.1. The average molecular weight is 271 g/mol. The molecule has 1 aromatic rings. The first kappa shape index (κ1) is 14.2. The third kappa shape index (κ3) is 4.12. The molecule has 0 aliphatic carbocycles. The molecule has 0 aliphatic heterocycles. The van der Waals surface area contributed by atoms with E-state index in [2.05, 4.69) is 11.4 Å². The number of halogens is 1. The van der Waals surface area contributed by atoms with Gasteiger partial charge in [-0.1, -0.05) is 17.7 Å². The highest BCUT2D eigenvalue weighted by Crippen LogP contribution is 2.26. The SMILES string of the molecule is CSC[C@H](CCO)Nc1c(Cl)cccc1C#N. The molecule has 17 heavy (non-hydrogen) atoms. The number of aliphatic hydroxyl groups excluding tert-OH is 1. The number of nitriles is 1. The second-order valence-corrected chi connectivity index (χ2v) is 4.90. The molecule has 0 fully saturated rings. The molecule has 2 N–H and O–H groups in total. The van der Waals surface area contributed by atoms with Crippen molar-refractivity contribution in [2.24, 2.45) is 0 Å². The predicted octanol–water partition coefficient (Wildman–Crippen LogP) is 2.74. The van der Waals surface area contributed by atoms with Gasteiger partial charge < -0.3 is 10.4 Å². The Balaban J connectivity index is 2.88. The van der Waals surface area contributed by atoms with Crippen LogP contribution in [0.5, 0.6) is 0 Å². The van der Waals surface area contributed by atoms with E-state index >= 15 is 0 Å². The lowest BCUT2D eigenvalue weighted by molar-refractivity contribution is 0.282. The predicted molar refractivity (Wildman–Crippen MR) is 73.7 cm³/mol. The van der Waals surface area contributed by atoms with Gasteiger partial charge in [0.05, 0.1) is 16.3 Å². The number of benzene rings is 1. The summed E-state index contributed by atoms with van der Waals surface area (Å²) in [6, 6.07) is 7.45. The van der Waals surface area contributed by atoms with Gasteiger partial charge in [0, 0.05) is 18.4 Å². The van der Waals surface area contributed by atoms with E-state index in [9.17, 15) is 0 Å². The van der Waals surface area contributed by atoms with Crippen molar-refractivity contribution in [3.05, 3.63) is 28.8 Å². The molecule has 0 amide bonds. The third-order valence-electron chi connectivity index (χ3n) is 2.33. The standard InChI is InChI=1S/C12H15ClN2OS/c1-17-8-10(5-6-16)15-12-9(7-14)3-2-4-11(12)13/h2-4,10,15-16H,5-6,8H2,1H3/t10-/m0/s1. The van der Waals surface area contributed by atoms with E-state index in [4.69, 9.17) is 22.0 Å². The smallest absolute Gasteiger partial charge is 0.101 e. The van der Waals surface area contributed by atoms with Crippen LogP contribution < -0.4 is 5.32 Å². The van der Waals surface area contributed by atoms with Crippen molar-refractivity contribution in [3.63, 3.8) is 0 Å². The molecule has 0 spiro atoms. The van der Waals surface area contributed by atoms with Gasteiger partial charge in [0.25, 0.3) is 0 Å². The lowest BCUT2D eigenvalue weighted by Gasteiger charge is -2.19. The summed E-state index contributed by atoms with van der Waals surface area (Å²) in [5.74, 6) is 0.858. The quantitative estimate of drug-likeness (QED) is 0.835. The minimum Gasteiger partial charge on any atom is -0.396 e. The van der Waals surface area contributed by atoms with Gasteiger partial charge in [-0.05, 0) is 24.8 Å². The third-order valence-corrected chi connectivity index (χ3v) is 3.38. The van der Waals surface area contributed by atoms with Crippen molar-refractivity contribution < 1.29 is 5.11 Å². The summed E-state index contributed by atoms with van der Waals surface area (Å²) >= 11 is 7.76. The second-order valence-electron chi connectivity index (χ2n) is 3.58. The first-order valence-corrected chi connectivity index (χ1v) is 7.05. The maximum absolute atomic E-state index is 9.01. The summed E-state index contributed by atoms with van der Waals surface area (Å²) in [4.78, 5) is 0. The summed E-state index contributed by atoms with van der Waals surface area (Å²) < 4.78 is 0. The minimum atomic E-state index is 0.113. The molecule has 3 nitrogen and oxygen atoms in total. The van der Waals surface area contributed by atoms with E-state index in [-0.39, 0.29) is 12.6 Å². The van der Waals surface area contributed by atoms with Gasteiger partial charge in [0.1, 0.15) is 6.07 Å². The molecule has 0 radical (unpaired) electrons. The molecular formula is C12H15ClN2OS. The summed E-state index contributed by atoms with van der Waals surface area (Å²) in [6.45, 7) is 0.116. The molecule has 0 unspecified atom stereocenters. The van der Waals surface area contributed by atoms with Crippen LogP contribution >= 0.6 is 23.4 Å². The van der Waals surface area contributed by atoms with Gasteiger partial charge in [-0.3, -0.25) is 0 Å². The molecule has 1 rings (SSSR count). The summed E-state index contributed by atoms with van der Waals surface area (Å²) in [5, 5.41) is 21.8. The number of nitrogens with one attached hydrogen (secondary N) is 1. The fourth-order valence-corrected chi connectivity index (χ4v) is 2.40. The Hall–Kier alpha value is -0.890. The van der Waals surface area contributed by atoms with Crippen molar-refractivity contribution >= 4 is 29.1 Å². The molecule has 0 heterocycles. The molecule has 1 aromatic carbocycles. The normalized spacial score (nSPS) is 11.9. The summed E-state index contributed by atoms with van der Waals surface area (Å²) in [7, 11) is 0. The van der Waals surface area contributed by atoms with Gasteiger partial charge in [-0.2, -0.15) is 17.0 Å². The Morgan fingerprint density at radius 3 is 2.94 bits per heavy atom. The van der Waals surface area contributed by atoms with E-state index < -0.39 is 0 Å². The number of rotatable bonds is 6. The number of nitrogens with zero attached hydrogens (tertiary/aromatic N) is 1. The molecule has 1 atom stereocenters. The Kier molecular flexibility index (Phi) is 6.20. The van der Waals surface area contributed by atoms with Gasteiger partial charge in [0.15, 0.2) is 0 Å². The van der Waals surface area contributed by atoms with Crippen LogP contribution in [0.25, 0.3) is 0 Å². The van der Waals surface area contributed by atoms with Crippen LogP contribution in [0.3, 0.4) is 0 Å². The van der Waals surface area contributed by atoms with E-state index in [1.165, 1.54) is 0 Å². The largest absolute Gasteiger partial charge is 0.396 e. The number of aliphatic hydroxyl groups is 1. The van der Waals surface area contributed by atoms with Crippen molar-refractivity contribution in [3.8, 4) is 6.07 Å². The molecule has 5 heteroatoms. The fraction of sp³-hybridized carbons (Fsp3) is 0.417. The molecule has 0 saturated carbocycles. The number of hydrogen-bond acceptors (Lipinski definition) is 4. The molecule has 0 bridgehead atoms. The highest BCUT2D eigenvalue weighted by molar-refractivity contribution is 7.98. The van der Waals surface area contributed by atoms with Crippen LogP contribution in [0, 0.1) is 11.3 Å². The van der Waals surface area contributed by atoms with Gasteiger partial charge in [0.2, 0.25) is 0 Å². The highest BCUT2D eigenvalue weighted by atomic mass is 35.5. The fourth-order valence-electron chi connectivity index (χ4n) is 1.52. The van der Waals surface area contributed by atoms with E-state index in [0.29, 0.717) is 22.7 Å². The van der Waals surface area contributed by atoms with E-state index in [0.717, 1.165) is 5.75 Å². The maximum atomic E-state index is 9.01. The number of hydrogen-bond donors (Lipinski definition) is 2. The zero-order chi connectivity index (χ0) is 12.7. The van der Waals surface area contributed by atoms with E-state index in [1.807, 2.05) is 6.26 Å². The Labute approximate surface area is 111 Å². The average Bonchev–Trinajstić information content (AvgIpc) is 2.32. The Morgan fingerprint density at radius 2 is 2.35 bits per heavy atom. The van der Waals surface area contributed by atoms with Crippen molar-refractivity contribution in [1.29, 1.82) is 5.26 Å². The first-order chi connectivity index (χ1) is 8.22. The summed E-state index contributed by atoms with van der Waals surface area (Å²) in [6.07, 6.45) is 2.64. The van der Waals surface area contributed by atoms with Gasteiger partial charge in [-0.25, -0.2) is 0 Å². The van der Waals surface area contributed by atoms with Crippen molar-refractivity contribution in [2.45, 2.75) is 12.5 Å². The van der Waals surface area contributed by atoms with Crippen LogP contribution in [0.2, 0.25) is 5.02 Å². The molecule has 0 saturated heterocycles. The number of para-hydroxylation sites is 1. The highest BCUT2D eigenvalue weighted by Gasteiger charge is 2.12. The number of anilines is 1. The van der Waals surface area contributed by atoms with Crippen molar-refractivity contribution in [1.82, 2.24) is 0 Å². The van der Waals surface area contributed by atoms with Gasteiger partial charge >= 0.3 is 0 Å². The topological polar surface area (TPSA) is 56.0 Å². The lowest BCUT2D eigenvalue weighted by Crippen LogP contribution is -2.24. The van der Waals surface area contributed by atoms with Crippen LogP contribution in [0.4, 0.5) is 5.69 Å². The molecule has 0 aromatic heterocycles. The molecular weight excluding hydrogens is 256 g/mol. The van der Waals surface area contributed by atoms with Crippen LogP contribution in [-0.2, 0) is 0 Å². The zero-order valence-electron chi connectivity index (χ0n) is 9.61. The molecule has 0 aliphatic rings.